The van der Waals surface area contributed by atoms with Crippen molar-refractivity contribution in [1.82, 2.24) is 5.16 Å². The molecule has 1 heterocycles. The summed E-state index contributed by atoms with van der Waals surface area (Å²) in [6.07, 6.45) is 5.08. The van der Waals surface area contributed by atoms with E-state index in [0.29, 0.717) is 6.61 Å². The molecule has 0 radical (unpaired) electrons. The Morgan fingerprint density at radius 3 is 2.83 bits per heavy atom. The molecule has 1 aromatic heterocycles. The summed E-state index contributed by atoms with van der Waals surface area (Å²) in [6.45, 7) is 2.52. The summed E-state index contributed by atoms with van der Waals surface area (Å²) in [6, 6.07) is 15.6. The first-order valence-electron chi connectivity index (χ1n) is 8.07. The van der Waals surface area contributed by atoms with Crippen LogP contribution in [0.3, 0.4) is 0 Å². The summed E-state index contributed by atoms with van der Waals surface area (Å²) >= 11 is 0. The van der Waals surface area contributed by atoms with Crippen molar-refractivity contribution in [2.24, 2.45) is 0 Å². The second-order valence-corrected chi connectivity index (χ2v) is 5.51. The monoisotopic (exact) mass is 321 g/mol. The molecule has 0 aliphatic carbocycles. The van der Waals surface area contributed by atoms with E-state index in [-0.39, 0.29) is 5.97 Å². The Kier molecular flexibility index (Phi) is 5.06. The van der Waals surface area contributed by atoms with Gasteiger partial charge in [0.2, 0.25) is 0 Å². The molecule has 0 aliphatic rings. The number of carbonyl (C=O) groups is 1. The van der Waals surface area contributed by atoms with Gasteiger partial charge in [0.1, 0.15) is 5.52 Å². The molecular formula is C20H19NO3. The molecule has 0 aliphatic heterocycles. The number of ether oxygens (including phenoxy) is 1. The van der Waals surface area contributed by atoms with E-state index in [1.807, 2.05) is 48.5 Å². The zero-order chi connectivity index (χ0) is 16.8. The van der Waals surface area contributed by atoms with Gasteiger partial charge in [0.05, 0.1) is 12.0 Å². The van der Waals surface area contributed by atoms with Gasteiger partial charge in [-0.2, -0.15) is 0 Å². The first-order chi connectivity index (χ1) is 11.8. The molecule has 3 rings (SSSR count). The average molecular weight is 321 g/mol. The van der Waals surface area contributed by atoms with Gasteiger partial charge in [0.15, 0.2) is 5.76 Å². The molecule has 24 heavy (non-hydrogen) atoms. The third kappa shape index (κ3) is 3.71. The number of unbranched alkanes of at least 4 members (excludes halogenated alkanes) is 1. The molecule has 0 amide bonds. The number of hydrogen-bond acceptors (Lipinski definition) is 4. The van der Waals surface area contributed by atoms with E-state index in [0.717, 1.165) is 40.6 Å². The molecule has 0 saturated carbocycles. The van der Waals surface area contributed by atoms with Gasteiger partial charge in [0, 0.05) is 11.6 Å². The number of nitrogens with zero attached hydrogens (tertiary/aromatic N) is 1. The van der Waals surface area contributed by atoms with Gasteiger partial charge in [-0.15, -0.1) is 0 Å². The zero-order valence-corrected chi connectivity index (χ0v) is 13.6. The maximum atomic E-state index is 11.7. The van der Waals surface area contributed by atoms with E-state index in [4.69, 9.17) is 9.26 Å². The van der Waals surface area contributed by atoms with Crippen LogP contribution in [0.15, 0.2) is 59.1 Å². The Bertz CT molecular complexity index is 850. The highest BCUT2D eigenvalue weighted by Gasteiger charge is 2.10. The molecule has 2 aromatic carbocycles. The molecule has 0 fully saturated rings. The standard InChI is InChI=1S/C20H19NO3/c1-2-3-13-23-19(22)12-10-15-9-11-18-17(14-15)20(24-21-18)16-7-5-4-6-8-16/h4-12,14H,2-3,13H2,1H3/b12-10+. The SMILES string of the molecule is CCCCOC(=O)/C=C/c1ccc2noc(-c3ccccc3)c2c1. The fourth-order valence-corrected chi connectivity index (χ4v) is 2.39. The van der Waals surface area contributed by atoms with E-state index in [1.165, 1.54) is 6.08 Å². The molecule has 3 aromatic rings. The first kappa shape index (κ1) is 16.0. The van der Waals surface area contributed by atoms with Gasteiger partial charge in [-0.3, -0.25) is 0 Å². The largest absolute Gasteiger partial charge is 0.463 e. The van der Waals surface area contributed by atoms with Gasteiger partial charge in [-0.05, 0) is 30.2 Å². The van der Waals surface area contributed by atoms with Crippen molar-refractivity contribution in [3.8, 4) is 11.3 Å². The lowest BCUT2D eigenvalue weighted by atomic mass is 10.1. The molecule has 122 valence electrons. The lowest BCUT2D eigenvalue weighted by Crippen LogP contribution is -2.01. The minimum Gasteiger partial charge on any atom is -0.463 e. The summed E-state index contributed by atoms with van der Waals surface area (Å²) in [5, 5.41) is 5.01. The van der Waals surface area contributed by atoms with E-state index >= 15 is 0 Å². The maximum absolute atomic E-state index is 11.7. The number of hydrogen-bond donors (Lipinski definition) is 0. The van der Waals surface area contributed by atoms with Gasteiger partial charge < -0.3 is 9.26 Å². The van der Waals surface area contributed by atoms with Crippen molar-refractivity contribution >= 4 is 22.9 Å². The molecule has 4 heteroatoms. The molecule has 0 N–H and O–H groups in total. The van der Waals surface area contributed by atoms with Crippen LogP contribution in [0.5, 0.6) is 0 Å². The molecule has 0 spiro atoms. The molecule has 0 saturated heterocycles. The number of esters is 1. The van der Waals surface area contributed by atoms with Crippen molar-refractivity contribution in [1.29, 1.82) is 0 Å². The maximum Gasteiger partial charge on any atom is 0.330 e. The second kappa shape index (κ2) is 7.59. The van der Waals surface area contributed by atoms with Gasteiger partial charge >= 0.3 is 5.97 Å². The van der Waals surface area contributed by atoms with Gasteiger partial charge in [-0.25, -0.2) is 4.79 Å². The van der Waals surface area contributed by atoms with Crippen LogP contribution in [0.4, 0.5) is 0 Å². The molecule has 0 bridgehead atoms. The Morgan fingerprint density at radius 1 is 1.21 bits per heavy atom. The number of rotatable bonds is 6. The van der Waals surface area contributed by atoms with Crippen molar-refractivity contribution in [2.75, 3.05) is 6.61 Å². The van der Waals surface area contributed by atoms with Crippen LogP contribution in [0.1, 0.15) is 25.3 Å². The van der Waals surface area contributed by atoms with Crippen LogP contribution in [0.25, 0.3) is 28.3 Å². The highest BCUT2D eigenvalue weighted by molar-refractivity contribution is 5.94. The summed E-state index contributed by atoms with van der Waals surface area (Å²) in [5.74, 6) is 0.406. The fourth-order valence-electron chi connectivity index (χ4n) is 2.39. The second-order valence-electron chi connectivity index (χ2n) is 5.51. The normalized spacial score (nSPS) is 11.2. The van der Waals surface area contributed by atoms with Crippen LogP contribution in [-0.4, -0.2) is 17.7 Å². The van der Waals surface area contributed by atoms with Crippen LogP contribution in [0, 0.1) is 0 Å². The van der Waals surface area contributed by atoms with Crippen molar-refractivity contribution in [3.63, 3.8) is 0 Å². The zero-order valence-electron chi connectivity index (χ0n) is 13.6. The van der Waals surface area contributed by atoms with Crippen LogP contribution in [-0.2, 0) is 9.53 Å². The lowest BCUT2D eigenvalue weighted by Gasteiger charge is -1.99. The molecule has 0 atom stereocenters. The van der Waals surface area contributed by atoms with E-state index < -0.39 is 0 Å². The summed E-state index contributed by atoms with van der Waals surface area (Å²) in [4.78, 5) is 11.7. The quantitative estimate of drug-likeness (QED) is 0.370. The molecular weight excluding hydrogens is 302 g/mol. The molecule has 4 nitrogen and oxygen atoms in total. The van der Waals surface area contributed by atoms with Crippen molar-refractivity contribution < 1.29 is 14.1 Å². The highest BCUT2D eigenvalue weighted by atomic mass is 16.5. The Balaban J connectivity index is 1.82. The third-order valence-corrected chi connectivity index (χ3v) is 3.69. The minimum atomic E-state index is -0.322. The first-order valence-corrected chi connectivity index (χ1v) is 8.07. The van der Waals surface area contributed by atoms with Crippen LogP contribution < -0.4 is 0 Å². The fraction of sp³-hybridized carbons (Fsp3) is 0.200. The Morgan fingerprint density at radius 2 is 2.04 bits per heavy atom. The van der Waals surface area contributed by atoms with Gasteiger partial charge in [-0.1, -0.05) is 54.9 Å². The number of benzene rings is 2. The molecule has 0 unspecified atom stereocenters. The minimum absolute atomic E-state index is 0.322. The predicted octanol–water partition coefficient (Wildman–Crippen LogP) is 4.85. The van der Waals surface area contributed by atoms with Crippen LogP contribution >= 0.6 is 0 Å². The Hall–Kier alpha value is -2.88. The number of carbonyl (C=O) groups excluding carboxylic acids is 1. The lowest BCUT2D eigenvalue weighted by molar-refractivity contribution is -0.137. The summed E-state index contributed by atoms with van der Waals surface area (Å²) in [7, 11) is 0. The van der Waals surface area contributed by atoms with E-state index in [1.54, 1.807) is 6.08 Å². The Labute approximate surface area is 140 Å². The third-order valence-electron chi connectivity index (χ3n) is 3.69. The predicted molar refractivity (Wildman–Crippen MR) is 94.3 cm³/mol. The van der Waals surface area contributed by atoms with E-state index in [9.17, 15) is 4.79 Å². The summed E-state index contributed by atoms with van der Waals surface area (Å²) in [5.41, 5.74) is 2.66. The van der Waals surface area contributed by atoms with Crippen molar-refractivity contribution in [3.05, 3.63) is 60.2 Å². The topological polar surface area (TPSA) is 52.3 Å². The number of fused-ring (bicyclic) bond motifs is 1. The average Bonchev–Trinajstić information content (AvgIpc) is 3.04. The highest BCUT2D eigenvalue weighted by Crippen LogP contribution is 2.29. The number of aromatic nitrogens is 1. The summed E-state index contributed by atoms with van der Waals surface area (Å²) < 4.78 is 10.6. The van der Waals surface area contributed by atoms with Crippen molar-refractivity contribution in [2.45, 2.75) is 19.8 Å². The smallest absolute Gasteiger partial charge is 0.330 e. The van der Waals surface area contributed by atoms with E-state index in [2.05, 4.69) is 12.1 Å². The van der Waals surface area contributed by atoms with Gasteiger partial charge in [0.25, 0.3) is 0 Å². The van der Waals surface area contributed by atoms with Crippen LogP contribution in [0.2, 0.25) is 0 Å².